The van der Waals surface area contributed by atoms with Crippen molar-refractivity contribution in [1.82, 2.24) is 20.3 Å². The quantitative estimate of drug-likeness (QED) is 0.407. The average Bonchev–Trinajstić information content (AvgIpc) is 2.79. The van der Waals surface area contributed by atoms with E-state index in [1.54, 1.807) is 24.3 Å². The molecule has 33 heavy (non-hydrogen) atoms. The number of anilines is 2. The molecule has 0 atom stereocenters. The number of benzene rings is 2. The molecule has 2 N–H and O–H groups in total. The summed E-state index contributed by atoms with van der Waals surface area (Å²) in [6.07, 6.45) is -1.91. The van der Waals surface area contributed by atoms with Gasteiger partial charge in [-0.2, -0.15) is 13.2 Å². The molecule has 2 aromatic carbocycles. The van der Waals surface area contributed by atoms with Crippen LogP contribution in [0.3, 0.4) is 0 Å². The van der Waals surface area contributed by atoms with Crippen molar-refractivity contribution in [3.8, 4) is 11.5 Å². The van der Waals surface area contributed by atoms with E-state index in [-0.39, 0.29) is 23.2 Å². The first-order valence-corrected chi connectivity index (χ1v) is 9.49. The summed E-state index contributed by atoms with van der Waals surface area (Å²) in [4.78, 5) is 24.0. The summed E-state index contributed by atoms with van der Waals surface area (Å²) in [5, 5.41) is 5.73. The van der Waals surface area contributed by atoms with Gasteiger partial charge in [0, 0.05) is 36.6 Å². The first kappa shape index (κ1) is 21.9. The van der Waals surface area contributed by atoms with Crippen molar-refractivity contribution >= 4 is 28.4 Å². The molecule has 0 spiro atoms. The SMILES string of the molecule is CNC(=O)c1cc(Oc2ccc3nc(Nc4ccc(F)c(C(F)(F)F)c4)ncc3c2)ccn1. The summed E-state index contributed by atoms with van der Waals surface area (Å²) in [6, 6.07) is 10.6. The summed E-state index contributed by atoms with van der Waals surface area (Å²) in [6.45, 7) is 0. The number of halogens is 4. The predicted octanol–water partition coefficient (Wildman–Crippen LogP) is 5.08. The zero-order valence-corrected chi connectivity index (χ0v) is 16.9. The number of carbonyl (C=O) groups is 1. The Labute approximate surface area is 184 Å². The molecule has 0 saturated heterocycles. The van der Waals surface area contributed by atoms with Crippen molar-refractivity contribution in [2.45, 2.75) is 6.18 Å². The molecule has 0 aliphatic rings. The molecule has 1 amide bonds. The summed E-state index contributed by atoms with van der Waals surface area (Å²) >= 11 is 0. The lowest BCUT2D eigenvalue weighted by Crippen LogP contribution is -2.18. The number of hydrogen-bond acceptors (Lipinski definition) is 6. The number of carbonyl (C=O) groups excluding carboxylic acids is 1. The van der Waals surface area contributed by atoms with Gasteiger partial charge < -0.3 is 15.4 Å². The lowest BCUT2D eigenvalue weighted by molar-refractivity contribution is -0.139. The second-order valence-electron chi connectivity index (χ2n) is 6.79. The number of amides is 1. The van der Waals surface area contributed by atoms with Gasteiger partial charge in [-0.05, 0) is 42.5 Å². The van der Waals surface area contributed by atoms with E-state index in [0.29, 0.717) is 28.5 Å². The third-order valence-electron chi connectivity index (χ3n) is 4.51. The number of nitrogens with one attached hydrogen (secondary N) is 2. The van der Waals surface area contributed by atoms with Gasteiger partial charge >= 0.3 is 6.18 Å². The number of rotatable bonds is 5. The van der Waals surface area contributed by atoms with Gasteiger partial charge in [0.1, 0.15) is 23.0 Å². The first-order chi connectivity index (χ1) is 15.7. The Morgan fingerprint density at radius 1 is 1.00 bits per heavy atom. The molecular weight excluding hydrogens is 442 g/mol. The Morgan fingerprint density at radius 3 is 2.55 bits per heavy atom. The Balaban J connectivity index is 1.55. The predicted molar refractivity (Wildman–Crippen MR) is 112 cm³/mol. The van der Waals surface area contributed by atoms with E-state index in [0.717, 1.165) is 12.1 Å². The van der Waals surface area contributed by atoms with Crippen LogP contribution in [0.1, 0.15) is 16.1 Å². The maximum Gasteiger partial charge on any atom is 0.419 e. The fourth-order valence-electron chi connectivity index (χ4n) is 2.95. The molecule has 2 heterocycles. The number of hydrogen-bond donors (Lipinski definition) is 2. The van der Waals surface area contributed by atoms with Crippen LogP contribution in [0.25, 0.3) is 10.9 Å². The minimum absolute atomic E-state index is 0.00682. The summed E-state index contributed by atoms with van der Waals surface area (Å²) < 4.78 is 58.0. The molecule has 0 bridgehead atoms. The van der Waals surface area contributed by atoms with Gasteiger partial charge in [0.05, 0.1) is 11.1 Å². The molecule has 4 rings (SSSR count). The molecule has 2 aromatic heterocycles. The van der Waals surface area contributed by atoms with Gasteiger partial charge in [0.15, 0.2) is 0 Å². The molecular formula is C22H15F4N5O2. The molecule has 0 radical (unpaired) electrons. The Kier molecular flexibility index (Phi) is 5.78. The Bertz CT molecular complexity index is 1340. The van der Waals surface area contributed by atoms with Crippen molar-refractivity contribution in [3.63, 3.8) is 0 Å². The maximum absolute atomic E-state index is 13.5. The minimum atomic E-state index is -4.82. The number of nitrogens with zero attached hydrogens (tertiary/aromatic N) is 3. The molecule has 7 nitrogen and oxygen atoms in total. The molecule has 0 aliphatic carbocycles. The third-order valence-corrected chi connectivity index (χ3v) is 4.51. The highest BCUT2D eigenvalue weighted by Gasteiger charge is 2.34. The minimum Gasteiger partial charge on any atom is -0.457 e. The van der Waals surface area contributed by atoms with Gasteiger partial charge in [-0.15, -0.1) is 0 Å². The lowest BCUT2D eigenvalue weighted by Gasteiger charge is -2.11. The smallest absolute Gasteiger partial charge is 0.419 e. The first-order valence-electron chi connectivity index (χ1n) is 9.49. The zero-order valence-electron chi connectivity index (χ0n) is 16.9. The molecule has 0 unspecified atom stereocenters. The Morgan fingerprint density at radius 2 is 1.79 bits per heavy atom. The van der Waals surface area contributed by atoms with Crippen LogP contribution in [-0.2, 0) is 6.18 Å². The standard InChI is InChI=1S/C22H15F4N5O2/c1-27-20(32)19-10-15(6-7-28-19)33-14-3-5-18-12(8-14)11-29-21(31-18)30-13-2-4-17(23)16(9-13)22(24,25)26/h2-11H,1H3,(H,27,32)(H,29,30,31). The highest BCUT2D eigenvalue weighted by Crippen LogP contribution is 2.33. The summed E-state index contributed by atoms with van der Waals surface area (Å²) in [5.41, 5.74) is -0.693. The van der Waals surface area contributed by atoms with Crippen molar-refractivity contribution in [2.24, 2.45) is 0 Å². The molecule has 0 fully saturated rings. The van der Waals surface area contributed by atoms with Crippen LogP contribution in [0.4, 0.5) is 29.2 Å². The monoisotopic (exact) mass is 457 g/mol. The van der Waals surface area contributed by atoms with E-state index in [4.69, 9.17) is 4.74 Å². The van der Waals surface area contributed by atoms with Crippen LogP contribution < -0.4 is 15.4 Å². The van der Waals surface area contributed by atoms with Crippen molar-refractivity contribution in [2.75, 3.05) is 12.4 Å². The van der Waals surface area contributed by atoms with Crippen LogP contribution in [0.15, 0.2) is 60.9 Å². The van der Waals surface area contributed by atoms with Crippen LogP contribution in [0, 0.1) is 5.82 Å². The number of fused-ring (bicyclic) bond motifs is 1. The summed E-state index contributed by atoms with van der Waals surface area (Å²) in [5.74, 6) is -0.819. The van der Waals surface area contributed by atoms with Crippen LogP contribution >= 0.6 is 0 Å². The van der Waals surface area contributed by atoms with E-state index in [1.165, 1.54) is 25.5 Å². The van der Waals surface area contributed by atoms with Crippen molar-refractivity contribution in [3.05, 3.63) is 78.0 Å². The van der Waals surface area contributed by atoms with Gasteiger partial charge in [-0.3, -0.25) is 9.78 Å². The van der Waals surface area contributed by atoms with E-state index >= 15 is 0 Å². The molecule has 0 aliphatic heterocycles. The van der Waals surface area contributed by atoms with Gasteiger partial charge in [0.2, 0.25) is 5.95 Å². The second kappa shape index (κ2) is 8.69. The fourth-order valence-corrected chi connectivity index (χ4v) is 2.95. The molecule has 0 saturated carbocycles. The van der Waals surface area contributed by atoms with Crippen molar-refractivity contribution in [1.29, 1.82) is 0 Å². The molecule has 11 heteroatoms. The topological polar surface area (TPSA) is 89.0 Å². The second-order valence-corrected chi connectivity index (χ2v) is 6.79. The van der Waals surface area contributed by atoms with E-state index in [1.807, 2.05) is 0 Å². The highest BCUT2D eigenvalue weighted by atomic mass is 19.4. The van der Waals surface area contributed by atoms with E-state index in [2.05, 4.69) is 25.6 Å². The number of alkyl halides is 3. The van der Waals surface area contributed by atoms with Gasteiger partial charge in [-0.25, -0.2) is 14.4 Å². The largest absolute Gasteiger partial charge is 0.457 e. The number of pyridine rings is 1. The van der Waals surface area contributed by atoms with Gasteiger partial charge in [-0.1, -0.05) is 0 Å². The zero-order chi connectivity index (χ0) is 23.6. The number of ether oxygens (including phenoxy) is 1. The number of aromatic nitrogens is 3. The third kappa shape index (κ3) is 4.97. The molecule has 168 valence electrons. The van der Waals surface area contributed by atoms with Crippen molar-refractivity contribution < 1.29 is 27.1 Å². The van der Waals surface area contributed by atoms with Gasteiger partial charge in [0.25, 0.3) is 5.91 Å². The van der Waals surface area contributed by atoms with Crippen LogP contribution in [-0.4, -0.2) is 27.9 Å². The summed E-state index contributed by atoms with van der Waals surface area (Å²) in [7, 11) is 1.50. The normalized spacial score (nSPS) is 11.3. The van der Waals surface area contributed by atoms with E-state index in [9.17, 15) is 22.4 Å². The highest BCUT2D eigenvalue weighted by molar-refractivity contribution is 5.92. The van der Waals surface area contributed by atoms with Crippen LogP contribution in [0.2, 0.25) is 0 Å². The average molecular weight is 457 g/mol. The Hall–Kier alpha value is -4.28. The fraction of sp³-hybridized carbons (Fsp3) is 0.0909. The van der Waals surface area contributed by atoms with Crippen LogP contribution in [0.5, 0.6) is 11.5 Å². The van der Waals surface area contributed by atoms with E-state index < -0.39 is 17.6 Å². The molecule has 4 aromatic rings. The maximum atomic E-state index is 13.5. The lowest BCUT2D eigenvalue weighted by atomic mass is 10.2.